The minimum Gasteiger partial charge on any atom is -0.351 e. The molecule has 1 unspecified atom stereocenters. The van der Waals surface area contributed by atoms with E-state index in [4.69, 9.17) is 0 Å². The van der Waals surface area contributed by atoms with Gasteiger partial charge in [-0.15, -0.1) is 11.3 Å². The number of hydrogen-bond acceptors (Lipinski definition) is 5. The van der Waals surface area contributed by atoms with Crippen molar-refractivity contribution in [2.45, 2.75) is 20.4 Å². The van der Waals surface area contributed by atoms with Crippen molar-refractivity contribution in [3.05, 3.63) is 41.4 Å². The summed E-state index contributed by atoms with van der Waals surface area (Å²) in [5.41, 5.74) is 1.67. The summed E-state index contributed by atoms with van der Waals surface area (Å²) in [5.74, 6) is 0.215. The summed E-state index contributed by atoms with van der Waals surface area (Å²) in [6.45, 7) is 5.31. The molecule has 0 aliphatic rings. The van der Waals surface area contributed by atoms with Gasteiger partial charge >= 0.3 is 0 Å². The number of carbonyl (C=O) groups excluding carboxylic acids is 1. The second-order valence-corrected chi connectivity index (χ2v) is 6.88. The van der Waals surface area contributed by atoms with E-state index in [1.807, 2.05) is 37.1 Å². The molecule has 1 atom stereocenters. The highest BCUT2D eigenvalue weighted by Gasteiger charge is 2.17. The molecule has 0 bridgehead atoms. The fraction of sp³-hybridized carbons (Fsp3) is 0.375. The number of carbonyl (C=O) groups is 1. The standard InChI is InChI=1S/C16H20N6OS/c1-11(9-22-6-4-5-18-22)7-17-15(23)14-12(2)20-16(24-14)13-8-19-21(3)10-13/h4-6,8,10-11H,7,9H2,1-3H3,(H,17,23). The van der Waals surface area contributed by atoms with Crippen molar-refractivity contribution < 1.29 is 4.79 Å². The number of hydrogen-bond donors (Lipinski definition) is 1. The van der Waals surface area contributed by atoms with Crippen LogP contribution in [0.25, 0.3) is 10.6 Å². The summed E-state index contributed by atoms with van der Waals surface area (Å²) in [5, 5.41) is 12.1. The van der Waals surface area contributed by atoms with E-state index in [-0.39, 0.29) is 5.91 Å². The summed E-state index contributed by atoms with van der Waals surface area (Å²) < 4.78 is 3.60. The lowest BCUT2D eigenvalue weighted by molar-refractivity contribution is 0.0950. The van der Waals surface area contributed by atoms with Crippen molar-refractivity contribution in [3.63, 3.8) is 0 Å². The Balaban J connectivity index is 1.61. The Morgan fingerprint density at radius 3 is 2.92 bits per heavy atom. The normalized spacial score (nSPS) is 12.3. The first-order valence-electron chi connectivity index (χ1n) is 7.75. The molecule has 1 amide bonds. The van der Waals surface area contributed by atoms with Crippen LogP contribution in [0.2, 0.25) is 0 Å². The Kier molecular flexibility index (Phi) is 4.75. The van der Waals surface area contributed by atoms with Gasteiger partial charge in [-0.25, -0.2) is 4.98 Å². The van der Waals surface area contributed by atoms with Crippen LogP contribution < -0.4 is 5.32 Å². The molecule has 0 saturated heterocycles. The summed E-state index contributed by atoms with van der Waals surface area (Å²) >= 11 is 1.40. The number of nitrogens with zero attached hydrogens (tertiary/aromatic N) is 5. The molecule has 7 nitrogen and oxygen atoms in total. The average molecular weight is 344 g/mol. The largest absolute Gasteiger partial charge is 0.351 e. The van der Waals surface area contributed by atoms with Crippen molar-refractivity contribution >= 4 is 17.2 Å². The van der Waals surface area contributed by atoms with E-state index in [1.54, 1.807) is 17.1 Å². The molecule has 0 spiro atoms. The summed E-state index contributed by atoms with van der Waals surface area (Å²) in [6.07, 6.45) is 7.33. The molecule has 1 N–H and O–H groups in total. The van der Waals surface area contributed by atoms with Gasteiger partial charge in [0.15, 0.2) is 0 Å². The molecule has 8 heteroatoms. The third kappa shape index (κ3) is 3.70. The molecule has 3 aromatic rings. The second kappa shape index (κ2) is 6.96. The molecule has 0 saturated carbocycles. The van der Waals surface area contributed by atoms with Crippen LogP contribution >= 0.6 is 11.3 Å². The van der Waals surface area contributed by atoms with Gasteiger partial charge in [-0.1, -0.05) is 6.92 Å². The van der Waals surface area contributed by atoms with Gasteiger partial charge in [0.2, 0.25) is 0 Å². The number of thiazole rings is 1. The zero-order valence-electron chi connectivity index (χ0n) is 13.9. The van der Waals surface area contributed by atoms with Gasteiger partial charge in [0.05, 0.1) is 11.9 Å². The van der Waals surface area contributed by atoms with Gasteiger partial charge in [0.25, 0.3) is 5.91 Å². The van der Waals surface area contributed by atoms with Crippen LogP contribution in [-0.2, 0) is 13.6 Å². The topological polar surface area (TPSA) is 77.6 Å². The lowest BCUT2D eigenvalue weighted by Gasteiger charge is -2.12. The molecular formula is C16H20N6OS. The van der Waals surface area contributed by atoms with E-state index in [0.717, 1.165) is 22.8 Å². The van der Waals surface area contributed by atoms with E-state index in [9.17, 15) is 4.79 Å². The fourth-order valence-electron chi connectivity index (χ4n) is 2.40. The van der Waals surface area contributed by atoms with Crippen molar-refractivity contribution in [1.29, 1.82) is 0 Å². The van der Waals surface area contributed by atoms with Crippen molar-refractivity contribution in [2.24, 2.45) is 13.0 Å². The monoisotopic (exact) mass is 344 g/mol. The third-order valence-electron chi connectivity index (χ3n) is 3.62. The molecule has 3 aromatic heterocycles. The van der Waals surface area contributed by atoms with Gasteiger partial charge < -0.3 is 5.32 Å². The molecule has 0 aromatic carbocycles. The van der Waals surface area contributed by atoms with Crippen LogP contribution in [-0.4, -0.2) is 37.0 Å². The van der Waals surface area contributed by atoms with Gasteiger partial charge in [-0.05, 0) is 18.9 Å². The Morgan fingerprint density at radius 2 is 2.25 bits per heavy atom. The maximum Gasteiger partial charge on any atom is 0.263 e. The molecule has 3 heterocycles. The Morgan fingerprint density at radius 1 is 1.42 bits per heavy atom. The Hall–Kier alpha value is -2.48. The minimum atomic E-state index is -0.0764. The highest BCUT2D eigenvalue weighted by atomic mass is 32.1. The van der Waals surface area contributed by atoms with Crippen molar-refractivity contribution in [3.8, 4) is 10.6 Å². The second-order valence-electron chi connectivity index (χ2n) is 5.88. The third-order valence-corrected chi connectivity index (χ3v) is 4.83. The van der Waals surface area contributed by atoms with Crippen LogP contribution in [0.4, 0.5) is 0 Å². The predicted molar refractivity (Wildman–Crippen MR) is 92.8 cm³/mol. The first-order chi connectivity index (χ1) is 11.5. The molecule has 24 heavy (non-hydrogen) atoms. The molecular weight excluding hydrogens is 324 g/mol. The van der Waals surface area contributed by atoms with Crippen molar-refractivity contribution in [2.75, 3.05) is 6.54 Å². The number of nitrogens with one attached hydrogen (secondary N) is 1. The van der Waals surface area contributed by atoms with Crippen LogP contribution in [0.15, 0.2) is 30.9 Å². The summed E-state index contributed by atoms with van der Waals surface area (Å²) in [4.78, 5) is 17.6. The summed E-state index contributed by atoms with van der Waals surface area (Å²) in [7, 11) is 1.86. The van der Waals surface area contributed by atoms with Gasteiger partial charge in [0, 0.05) is 44.3 Å². The van der Waals surface area contributed by atoms with Crippen LogP contribution in [0, 0.1) is 12.8 Å². The van der Waals surface area contributed by atoms with Crippen molar-refractivity contribution in [1.82, 2.24) is 29.9 Å². The maximum atomic E-state index is 12.4. The van der Waals surface area contributed by atoms with Gasteiger partial charge in [-0.2, -0.15) is 10.2 Å². The van der Waals surface area contributed by atoms with E-state index in [0.29, 0.717) is 17.3 Å². The van der Waals surface area contributed by atoms with E-state index >= 15 is 0 Å². The zero-order valence-corrected chi connectivity index (χ0v) is 14.7. The van der Waals surface area contributed by atoms with E-state index in [1.165, 1.54) is 11.3 Å². The van der Waals surface area contributed by atoms with Crippen LogP contribution in [0.1, 0.15) is 22.3 Å². The first-order valence-corrected chi connectivity index (χ1v) is 8.56. The smallest absolute Gasteiger partial charge is 0.263 e. The fourth-order valence-corrected chi connectivity index (χ4v) is 3.36. The highest BCUT2D eigenvalue weighted by molar-refractivity contribution is 7.17. The Bertz CT molecular complexity index is 820. The molecule has 3 rings (SSSR count). The van der Waals surface area contributed by atoms with Gasteiger partial charge in [-0.3, -0.25) is 14.2 Å². The predicted octanol–water partition coefficient (Wildman–Crippen LogP) is 2.11. The molecule has 0 aliphatic heterocycles. The molecule has 126 valence electrons. The quantitative estimate of drug-likeness (QED) is 0.743. The van der Waals surface area contributed by atoms with Crippen LogP contribution in [0.5, 0.6) is 0 Å². The van der Waals surface area contributed by atoms with E-state index in [2.05, 4.69) is 27.4 Å². The number of amides is 1. The van der Waals surface area contributed by atoms with E-state index < -0.39 is 0 Å². The molecule has 0 fully saturated rings. The average Bonchev–Trinajstić information content (AvgIpc) is 3.26. The maximum absolute atomic E-state index is 12.4. The Labute approximate surface area is 144 Å². The zero-order chi connectivity index (χ0) is 17.1. The van der Waals surface area contributed by atoms with Crippen LogP contribution in [0.3, 0.4) is 0 Å². The SMILES string of the molecule is Cc1nc(-c2cnn(C)c2)sc1C(=O)NCC(C)Cn1cccn1. The number of aryl methyl sites for hydroxylation is 2. The summed E-state index contributed by atoms with van der Waals surface area (Å²) in [6, 6.07) is 1.89. The number of aromatic nitrogens is 5. The highest BCUT2D eigenvalue weighted by Crippen LogP contribution is 2.27. The molecule has 0 radical (unpaired) electrons. The molecule has 0 aliphatic carbocycles. The number of rotatable bonds is 6. The minimum absolute atomic E-state index is 0.0764. The lowest BCUT2D eigenvalue weighted by Crippen LogP contribution is -2.30. The van der Waals surface area contributed by atoms with Gasteiger partial charge in [0.1, 0.15) is 9.88 Å². The lowest BCUT2D eigenvalue weighted by atomic mass is 10.2. The first kappa shape index (κ1) is 16.4.